The fourth-order valence-electron chi connectivity index (χ4n) is 2.23. The Kier molecular flexibility index (Phi) is 5.16. The number of methoxy groups -OCH3 is 1. The van der Waals surface area contributed by atoms with Crippen molar-refractivity contribution in [3.8, 4) is 5.75 Å². The van der Waals surface area contributed by atoms with Crippen molar-refractivity contribution in [3.63, 3.8) is 0 Å². The summed E-state index contributed by atoms with van der Waals surface area (Å²) in [7, 11) is 5.41. The molecule has 6 heteroatoms. The first-order chi connectivity index (χ1) is 10.5. The molecule has 0 spiro atoms. The van der Waals surface area contributed by atoms with Gasteiger partial charge >= 0.3 is 0 Å². The summed E-state index contributed by atoms with van der Waals surface area (Å²) in [4.78, 5) is 14.1. The van der Waals surface area contributed by atoms with Crippen molar-refractivity contribution in [1.29, 1.82) is 0 Å². The fraction of sp³-hybridized carbons (Fsp3) is 0.375. The highest BCUT2D eigenvalue weighted by Crippen LogP contribution is 2.22. The molecule has 1 aromatic carbocycles. The van der Waals surface area contributed by atoms with Crippen LogP contribution in [0.1, 0.15) is 11.3 Å². The summed E-state index contributed by atoms with van der Waals surface area (Å²) < 4.78 is 7.06. The van der Waals surface area contributed by atoms with Crippen LogP contribution in [-0.4, -0.2) is 41.3 Å². The van der Waals surface area contributed by atoms with Gasteiger partial charge in [-0.2, -0.15) is 5.10 Å². The molecule has 0 radical (unpaired) electrons. The molecule has 1 N–H and O–H groups in total. The lowest BCUT2D eigenvalue weighted by atomic mass is 10.2. The Bertz CT molecular complexity index is 651. The molecule has 0 aliphatic rings. The van der Waals surface area contributed by atoms with E-state index in [-0.39, 0.29) is 5.91 Å². The van der Waals surface area contributed by atoms with E-state index in [0.29, 0.717) is 24.5 Å². The van der Waals surface area contributed by atoms with Crippen molar-refractivity contribution in [1.82, 2.24) is 14.7 Å². The summed E-state index contributed by atoms with van der Waals surface area (Å²) in [6, 6.07) is 7.37. The average Bonchev–Trinajstić information content (AvgIpc) is 2.79. The maximum absolute atomic E-state index is 12.1. The Morgan fingerprint density at radius 3 is 2.77 bits per heavy atom. The van der Waals surface area contributed by atoms with Crippen molar-refractivity contribution in [3.05, 3.63) is 41.7 Å². The van der Waals surface area contributed by atoms with Gasteiger partial charge in [0.25, 0.3) is 0 Å². The molecule has 0 saturated heterocycles. The van der Waals surface area contributed by atoms with Crippen LogP contribution in [0, 0.1) is 6.92 Å². The Labute approximate surface area is 130 Å². The molecule has 6 nitrogen and oxygen atoms in total. The first kappa shape index (κ1) is 16.0. The molecule has 0 aliphatic carbocycles. The Morgan fingerprint density at radius 2 is 2.14 bits per heavy atom. The number of carbonyl (C=O) groups excluding carboxylic acids is 1. The van der Waals surface area contributed by atoms with Crippen LogP contribution in [0.2, 0.25) is 0 Å². The highest BCUT2D eigenvalue weighted by Gasteiger charge is 2.12. The number of carbonyl (C=O) groups is 1. The number of likely N-dealkylation sites (N-methyl/N-ethyl adjacent to an activating group) is 1. The van der Waals surface area contributed by atoms with Crippen LogP contribution in [0.4, 0.5) is 5.69 Å². The summed E-state index contributed by atoms with van der Waals surface area (Å²) >= 11 is 0. The zero-order chi connectivity index (χ0) is 16.1. The molecule has 1 aromatic heterocycles. The van der Waals surface area contributed by atoms with E-state index in [1.54, 1.807) is 7.11 Å². The standard InChI is InChI=1S/C16H22N4O2/c1-12-13(9-17-20(12)3)10-19(2)11-16(21)18-14-7-5-6-8-15(14)22-4/h5-9H,10-11H2,1-4H3,(H,18,21). The third-order valence-corrected chi connectivity index (χ3v) is 3.57. The summed E-state index contributed by atoms with van der Waals surface area (Å²) in [6.07, 6.45) is 1.84. The monoisotopic (exact) mass is 302 g/mol. The lowest BCUT2D eigenvalue weighted by Gasteiger charge is -2.17. The number of aromatic nitrogens is 2. The number of ether oxygens (including phenoxy) is 1. The summed E-state index contributed by atoms with van der Waals surface area (Å²) in [6.45, 7) is 3.00. The first-order valence-electron chi connectivity index (χ1n) is 7.10. The summed E-state index contributed by atoms with van der Waals surface area (Å²) in [5.41, 5.74) is 2.91. The molecular formula is C16H22N4O2. The third-order valence-electron chi connectivity index (χ3n) is 3.57. The van der Waals surface area contributed by atoms with Crippen LogP contribution >= 0.6 is 0 Å². The van der Waals surface area contributed by atoms with Gasteiger partial charge in [-0.3, -0.25) is 14.4 Å². The summed E-state index contributed by atoms with van der Waals surface area (Å²) in [5, 5.41) is 7.08. The smallest absolute Gasteiger partial charge is 0.238 e. The number of aryl methyl sites for hydroxylation is 1. The minimum atomic E-state index is -0.0754. The van der Waals surface area contributed by atoms with Gasteiger partial charge in [-0.25, -0.2) is 0 Å². The van der Waals surface area contributed by atoms with Crippen molar-refractivity contribution < 1.29 is 9.53 Å². The highest BCUT2D eigenvalue weighted by molar-refractivity contribution is 5.93. The Morgan fingerprint density at radius 1 is 1.41 bits per heavy atom. The number of hydrogen-bond donors (Lipinski definition) is 1. The predicted molar refractivity (Wildman–Crippen MR) is 85.9 cm³/mol. The van der Waals surface area contributed by atoms with E-state index < -0.39 is 0 Å². The molecule has 1 amide bonds. The zero-order valence-electron chi connectivity index (χ0n) is 13.5. The van der Waals surface area contributed by atoms with Gasteiger partial charge in [-0.1, -0.05) is 12.1 Å². The number of para-hydroxylation sites is 2. The molecule has 0 atom stereocenters. The largest absolute Gasteiger partial charge is 0.495 e. The quantitative estimate of drug-likeness (QED) is 0.884. The fourth-order valence-corrected chi connectivity index (χ4v) is 2.23. The van der Waals surface area contributed by atoms with E-state index >= 15 is 0 Å². The van der Waals surface area contributed by atoms with Gasteiger partial charge in [0.05, 0.1) is 25.5 Å². The van der Waals surface area contributed by atoms with E-state index in [2.05, 4.69) is 10.4 Å². The van der Waals surface area contributed by atoms with Gasteiger partial charge in [-0.15, -0.1) is 0 Å². The van der Waals surface area contributed by atoms with E-state index in [0.717, 1.165) is 11.3 Å². The van der Waals surface area contributed by atoms with Crippen molar-refractivity contribution in [2.24, 2.45) is 7.05 Å². The van der Waals surface area contributed by atoms with Gasteiger partial charge in [0, 0.05) is 24.8 Å². The normalized spacial score (nSPS) is 10.8. The predicted octanol–water partition coefficient (Wildman–Crippen LogP) is 1.81. The second-order valence-electron chi connectivity index (χ2n) is 5.30. The van der Waals surface area contributed by atoms with E-state index in [1.807, 2.05) is 61.1 Å². The molecule has 0 bridgehead atoms. The lowest BCUT2D eigenvalue weighted by molar-refractivity contribution is -0.117. The molecule has 0 aliphatic heterocycles. The third kappa shape index (κ3) is 3.85. The van der Waals surface area contributed by atoms with E-state index in [9.17, 15) is 4.79 Å². The minimum absolute atomic E-state index is 0.0754. The molecule has 0 unspecified atom stereocenters. The maximum atomic E-state index is 12.1. The Hall–Kier alpha value is -2.34. The number of rotatable bonds is 6. The second-order valence-corrected chi connectivity index (χ2v) is 5.30. The second kappa shape index (κ2) is 7.09. The average molecular weight is 302 g/mol. The minimum Gasteiger partial charge on any atom is -0.495 e. The number of nitrogens with one attached hydrogen (secondary N) is 1. The molecule has 118 valence electrons. The number of nitrogens with zero attached hydrogens (tertiary/aromatic N) is 3. The van der Waals surface area contributed by atoms with Gasteiger partial charge in [-0.05, 0) is 26.1 Å². The van der Waals surface area contributed by atoms with Crippen LogP contribution in [0.5, 0.6) is 5.75 Å². The number of benzene rings is 1. The van der Waals surface area contributed by atoms with Crippen molar-refractivity contribution >= 4 is 11.6 Å². The van der Waals surface area contributed by atoms with Gasteiger partial charge in [0.2, 0.25) is 5.91 Å². The molecule has 22 heavy (non-hydrogen) atoms. The molecule has 1 heterocycles. The SMILES string of the molecule is COc1ccccc1NC(=O)CN(C)Cc1cnn(C)c1C. The van der Waals surface area contributed by atoms with Crippen LogP contribution in [0.3, 0.4) is 0 Å². The van der Waals surface area contributed by atoms with Crippen LogP contribution < -0.4 is 10.1 Å². The topological polar surface area (TPSA) is 59.4 Å². The van der Waals surface area contributed by atoms with E-state index in [4.69, 9.17) is 4.74 Å². The van der Waals surface area contributed by atoms with Gasteiger partial charge < -0.3 is 10.1 Å². The highest BCUT2D eigenvalue weighted by atomic mass is 16.5. The number of anilines is 1. The zero-order valence-corrected chi connectivity index (χ0v) is 13.5. The molecule has 2 aromatic rings. The lowest BCUT2D eigenvalue weighted by Crippen LogP contribution is -2.30. The summed E-state index contributed by atoms with van der Waals surface area (Å²) in [5.74, 6) is 0.579. The van der Waals surface area contributed by atoms with Crippen LogP contribution in [-0.2, 0) is 18.4 Å². The molecular weight excluding hydrogens is 280 g/mol. The van der Waals surface area contributed by atoms with Crippen molar-refractivity contribution in [2.75, 3.05) is 26.0 Å². The first-order valence-corrected chi connectivity index (χ1v) is 7.10. The van der Waals surface area contributed by atoms with E-state index in [1.165, 1.54) is 0 Å². The van der Waals surface area contributed by atoms with Crippen LogP contribution in [0.15, 0.2) is 30.5 Å². The van der Waals surface area contributed by atoms with Gasteiger partial charge in [0.1, 0.15) is 5.75 Å². The maximum Gasteiger partial charge on any atom is 0.238 e. The van der Waals surface area contributed by atoms with Gasteiger partial charge in [0.15, 0.2) is 0 Å². The molecule has 0 fully saturated rings. The molecule has 0 saturated carbocycles. The number of amides is 1. The van der Waals surface area contributed by atoms with Crippen molar-refractivity contribution in [2.45, 2.75) is 13.5 Å². The molecule has 2 rings (SSSR count). The van der Waals surface area contributed by atoms with Crippen LogP contribution in [0.25, 0.3) is 0 Å². The number of hydrogen-bond acceptors (Lipinski definition) is 4. The Balaban J connectivity index is 1.92.